The second-order valence-corrected chi connectivity index (χ2v) is 8.47. The Kier molecular flexibility index (Phi) is 5.26. The van der Waals surface area contributed by atoms with Crippen molar-refractivity contribution in [2.45, 2.75) is 77.4 Å². The molecule has 1 aromatic rings. The van der Waals surface area contributed by atoms with Crippen LogP contribution in [0, 0.1) is 5.92 Å². The number of carbonyl (C=O) groups is 1. The highest BCUT2D eigenvalue weighted by Gasteiger charge is 2.51. The molecule has 4 nitrogen and oxygen atoms in total. The van der Waals surface area contributed by atoms with E-state index in [1.807, 2.05) is 52.0 Å². The van der Waals surface area contributed by atoms with Crippen LogP contribution in [-0.2, 0) is 14.1 Å². The van der Waals surface area contributed by atoms with E-state index in [0.29, 0.717) is 12.3 Å². The molecule has 3 rings (SSSR count). The lowest BCUT2D eigenvalue weighted by molar-refractivity contribution is -0.117. The van der Waals surface area contributed by atoms with Gasteiger partial charge in [0.15, 0.2) is 0 Å². The van der Waals surface area contributed by atoms with Crippen LogP contribution < -0.4 is 10.8 Å². The minimum atomic E-state index is -0.364. The molecule has 0 aromatic heterocycles. The van der Waals surface area contributed by atoms with E-state index in [0.717, 1.165) is 11.2 Å². The molecule has 2 aliphatic rings. The Hall–Kier alpha value is -1.33. The fourth-order valence-corrected chi connectivity index (χ4v) is 3.57. The third kappa shape index (κ3) is 4.26. The van der Waals surface area contributed by atoms with Crippen LogP contribution in [0.3, 0.4) is 0 Å². The van der Waals surface area contributed by atoms with Gasteiger partial charge in [0.25, 0.3) is 0 Å². The molecule has 5 heteroatoms. The molecule has 2 fully saturated rings. The molecule has 1 saturated heterocycles. The van der Waals surface area contributed by atoms with Crippen molar-refractivity contribution in [1.82, 2.24) is 0 Å². The molecule has 1 saturated carbocycles. The molecule has 1 aliphatic heterocycles. The lowest BCUT2D eigenvalue weighted by Crippen LogP contribution is -2.41. The lowest BCUT2D eigenvalue weighted by Gasteiger charge is -2.32. The number of benzene rings is 1. The van der Waals surface area contributed by atoms with Crippen molar-refractivity contribution in [2.24, 2.45) is 5.92 Å². The number of carbonyl (C=O) groups excluding carboxylic acids is 1. The Bertz CT molecular complexity index is 590. The Morgan fingerprint density at radius 3 is 2.16 bits per heavy atom. The number of hydrogen-bond donors (Lipinski definition) is 1. The average molecular weight is 343 g/mol. The van der Waals surface area contributed by atoms with Gasteiger partial charge in [0.1, 0.15) is 0 Å². The molecule has 0 atom stereocenters. The second kappa shape index (κ2) is 7.12. The summed E-state index contributed by atoms with van der Waals surface area (Å²) in [6.07, 6.45) is 6.86. The van der Waals surface area contributed by atoms with Gasteiger partial charge in [-0.05, 0) is 64.1 Å². The molecule has 0 spiro atoms. The zero-order valence-corrected chi connectivity index (χ0v) is 15.9. The van der Waals surface area contributed by atoms with E-state index in [2.05, 4.69) is 5.32 Å². The summed E-state index contributed by atoms with van der Waals surface area (Å²) in [5, 5.41) is 3.02. The Balaban J connectivity index is 1.56. The van der Waals surface area contributed by atoms with Gasteiger partial charge in [-0.2, -0.15) is 0 Å². The number of anilines is 1. The van der Waals surface area contributed by atoms with Gasteiger partial charge in [0, 0.05) is 12.1 Å². The van der Waals surface area contributed by atoms with Gasteiger partial charge in [-0.1, -0.05) is 31.4 Å². The largest absolute Gasteiger partial charge is 0.494 e. The SMILES string of the molecule is CC1(C)OB(c2ccc(NC(=O)CC3CCCCC3)cc2)OC1(C)C. The van der Waals surface area contributed by atoms with Crippen LogP contribution in [0.25, 0.3) is 0 Å². The van der Waals surface area contributed by atoms with Crippen LogP contribution in [-0.4, -0.2) is 24.2 Å². The minimum Gasteiger partial charge on any atom is -0.399 e. The summed E-state index contributed by atoms with van der Waals surface area (Å²) in [6.45, 7) is 8.19. The Labute approximate surface area is 151 Å². The van der Waals surface area contributed by atoms with Gasteiger partial charge < -0.3 is 14.6 Å². The van der Waals surface area contributed by atoms with E-state index in [4.69, 9.17) is 9.31 Å². The standard InChI is InChI=1S/C20H30BNO3/c1-19(2)20(3,4)25-21(24-19)16-10-12-17(13-11-16)22-18(23)14-15-8-6-5-7-9-15/h10-13,15H,5-9,14H2,1-4H3,(H,22,23). The van der Waals surface area contributed by atoms with Crippen molar-refractivity contribution >= 4 is 24.2 Å². The van der Waals surface area contributed by atoms with Crippen LogP contribution in [0.1, 0.15) is 66.2 Å². The highest BCUT2D eigenvalue weighted by molar-refractivity contribution is 6.62. The predicted octanol–water partition coefficient (Wildman–Crippen LogP) is 3.89. The van der Waals surface area contributed by atoms with Crippen molar-refractivity contribution < 1.29 is 14.1 Å². The summed E-state index contributed by atoms with van der Waals surface area (Å²) in [4.78, 5) is 12.2. The third-order valence-electron chi connectivity index (χ3n) is 5.92. The highest BCUT2D eigenvalue weighted by Crippen LogP contribution is 2.36. The smallest absolute Gasteiger partial charge is 0.399 e. The van der Waals surface area contributed by atoms with Crippen molar-refractivity contribution in [3.63, 3.8) is 0 Å². The molecular weight excluding hydrogens is 313 g/mol. The fourth-order valence-electron chi connectivity index (χ4n) is 3.57. The third-order valence-corrected chi connectivity index (χ3v) is 5.92. The van der Waals surface area contributed by atoms with E-state index in [1.165, 1.54) is 32.1 Å². The molecule has 1 aliphatic carbocycles. The maximum atomic E-state index is 12.2. The predicted molar refractivity (Wildman–Crippen MR) is 102 cm³/mol. The van der Waals surface area contributed by atoms with Gasteiger partial charge >= 0.3 is 7.12 Å². The Morgan fingerprint density at radius 2 is 1.60 bits per heavy atom. The van der Waals surface area contributed by atoms with Crippen LogP contribution in [0.15, 0.2) is 24.3 Å². The van der Waals surface area contributed by atoms with Crippen LogP contribution >= 0.6 is 0 Å². The number of hydrogen-bond acceptors (Lipinski definition) is 3. The molecule has 0 unspecified atom stereocenters. The molecule has 1 heterocycles. The monoisotopic (exact) mass is 343 g/mol. The van der Waals surface area contributed by atoms with Crippen molar-refractivity contribution in [2.75, 3.05) is 5.32 Å². The number of rotatable bonds is 4. The molecule has 0 radical (unpaired) electrons. The number of nitrogens with one attached hydrogen (secondary N) is 1. The summed E-state index contributed by atoms with van der Waals surface area (Å²) in [7, 11) is -0.364. The van der Waals surface area contributed by atoms with E-state index in [1.54, 1.807) is 0 Å². The zero-order chi connectivity index (χ0) is 18.1. The Morgan fingerprint density at radius 1 is 1.04 bits per heavy atom. The van der Waals surface area contributed by atoms with Gasteiger partial charge in [-0.3, -0.25) is 4.79 Å². The summed E-state index contributed by atoms with van der Waals surface area (Å²) >= 11 is 0. The quantitative estimate of drug-likeness (QED) is 0.844. The molecule has 25 heavy (non-hydrogen) atoms. The average Bonchev–Trinajstić information content (AvgIpc) is 2.77. The molecule has 1 amide bonds. The first-order valence-corrected chi connectivity index (χ1v) is 9.52. The molecule has 0 bridgehead atoms. The highest BCUT2D eigenvalue weighted by atomic mass is 16.7. The fraction of sp³-hybridized carbons (Fsp3) is 0.650. The van der Waals surface area contributed by atoms with Crippen molar-refractivity contribution in [3.8, 4) is 0 Å². The van der Waals surface area contributed by atoms with Gasteiger partial charge in [0.05, 0.1) is 11.2 Å². The topological polar surface area (TPSA) is 47.6 Å². The maximum absolute atomic E-state index is 12.2. The maximum Gasteiger partial charge on any atom is 0.494 e. The van der Waals surface area contributed by atoms with E-state index >= 15 is 0 Å². The molecular formula is C20H30BNO3. The first-order valence-electron chi connectivity index (χ1n) is 9.52. The lowest BCUT2D eigenvalue weighted by atomic mass is 9.79. The van der Waals surface area contributed by atoms with E-state index in [9.17, 15) is 4.79 Å². The van der Waals surface area contributed by atoms with E-state index < -0.39 is 0 Å². The van der Waals surface area contributed by atoms with Gasteiger partial charge in [-0.25, -0.2) is 0 Å². The second-order valence-electron chi connectivity index (χ2n) is 8.47. The summed E-state index contributed by atoms with van der Waals surface area (Å²) in [5.74, 6) is 0.674. The molecule has 1 aromatic carbocycles. The zero-order valence-electron chi connectivity index (χ0n) is 15.9. The number of amides is 1. The minimum absolute atomic E-state index is 0.121. The van der Waals surface area contributed by atoms with Crippen LogP contribution in [0.2, 0.25) is 0 Å². The van der Waals surface area contributed by atoms with Gasteiger partial charge in [0.2, 0.25) is 5.91 Å². The van der Waals surface area contributed by atoms with Gasteiger partial charge in [-0.15, -0.1) is 0 Å². The van der Waals surface area contributed by atoms with Crippen molar-refractivity contribution in [3.05, 3.63) is 24.3 Å². The molecule has 136 valence electrons. The summed E-state index contributed by atoms with van der Waals surface area (Å²) in [5.41, 5.74) is 1.12. The van der Waals surface area contributed by atoms with Crippen molar-refractivity contribution in [1.29, 1.82) is 0 Å². The normalized spacial score (nSPS) is 22.8. The summed E-state index contributed by atoms with van der Waals surface area (Å²) < 4.78 is 12.1. The first-order chi connectivity index (χ1) is 11.8. The summed E-state index contributed by atoms with van der Waals surface area (Å²) in [6, 6.07) is 7.80. The van der Waals surface area contributed by atoms with E-state index in [-0.39, 0.29) is 24.2 Å². The molecule has 1 N–H and O–H groups in total. The van der Waals surface area contributed by atoms with Crippen LogP contribution in [0.4, 0.5) is 5.69 Å². The van der Waals surface area contributed by atoms with Crippen LogP contribution in [0.5, 0.6) is 0 Å². The first kappa shape index (κ1) is 18.5.